The van der Waals surface area contributed by atoms with Crippen molar-refractivity contribution in [1.82, 2.24) is 9.97 Å². The maximum Gasteiger partial charge on any atom is 0.258 e. The summed E-state index contributed by atoms with van der Waals surface area (Å²) in [7, 11) is 0. The van der Waals surface area contributed by atoms with Crippen LogP contribution in [-0.2, 0) is 0 Å². The normalized spacial score (nSPS) is 9.50. The van der Waals surface area contributed by atoms with Crippen molar-refractivity contribution in [1.29, 1.82) is 0 Å². The highest BCUT2D eigenvalue weighted by Gasteiger charge is 2.07. The number of nitrogens with one attached hydrogen (secondary N) is 1. The lowest BCUT2D eigenvalue weighted by molar-refractivity contribution is 0.102. The van der Waals surface area contributed by atoms with E-state index in [2.05, 4.69) is 27.1 Å². The highest BCUT2D eigenvalue weighted by atomic mass is 35.5. The predicted molar refractivity (Wildman–Crippen MR) is 77.4 cm³/mol. The Balaban J connectivity index is 2.20. The van der Waals surface area contributed by atoms with Gasteiger partial charge in [0.05, 0.1) is 17.1 Å². The zero-order chi connectivity index (χ0) is 14.4. The Bertz CT molecular complexity index is 677. The quantitative estimate of drug-likeness (QED) is 0.823. The van der Waals surface area contributed by atoms with Crippen LogP contribution in [-0.4, -0.2) is 22.4 Å². The van der Waals surface area contributed by atoms with E-state index in [0.717, 1.165) is 0 Å². The fraction of sp³-hybridized carbons (Fsp3) is 0.0714. The summed E-state index contributed by atoms with van der Waals surface area (Å²) in [6.07, 6.45) is 4.24. The zero-order valence-corrected chi connectivity index (χ0v) is 11.2. The Labute approximate surface area is 121 Å². The number of aromatic nitrogens is 2. The summed E-state index contributed by atoms with van der Waals surface area (Å²) in [5, 5.41) is 3.23. The number of carbonyl (C=O) groups is 1. The molecule has 1 aromatic heterocycles. The molecule has 0 aliphatic heterocycles. The summed E-state index contributed by atoms with van der Waals surface area (Å²) in [5.74, 6) is 5.26. The van der Waals surface area contributed by atoms with Gasteiger partial charge in [0.25, 0.3) is 5.91 Å². The summed E-state index contributed by atoms with van der Waals surface area (Å²) >= 11 is 6.01. The Hall–Kier alpha value is -2.42. The summed E-state index contributed by atoms with van der Waals surface area (Å²) in [6.45, 7) is 0.244. The minimum atomic E-state index is -0.300. The SMILES string of the molecule is NCC#Cc1cc(NC(=O)c2cncnc2)ccc1Cl. The van der Waals surface area contributed by atoms with E-state index in [1.165, 1.54) is 18.7 Å². The van der Waals surface area contributed by atoms with Crippen LogP contribution in [0.2, 0.25) is 5.02 Å². The number of nitrogens with two attached hydrogens (primary N) is 1. The maximum absolute atomic E-state index is 11.9. The van der Waals surface area contributed by atoms with Crippen LogP contribution in [0.25, 0.3) is 0 Å². The molecule has 1 amide bonds. The second-order valence-electron chi connectivity index (χ2n) is 3.78. The third-order valence-corrected chi connectivity index (χ3v) is 2.70. The molecule has 5 nitrogen and oxygen atoms in total. The van der Waals surface area contributed by atoms with Gasteiger partial charge in [-0.25, -0.2) is 9.97 Å². The molecule has 0 fully saturated rings. The van der Waals surface area contributed by atoms with E-state index in [0.29, 0.717) is 21.8 Å². The molecule has 6 heteroatoms. The molecular weight excluding hydrogens is 276 g/mol. The molecule has 100 valence electrons. The fourth-order valence-electron chi connectivity index (χ4n) is 1.46. The molecule has 3 N–H and O–H groups in total. The zero-order valence-electron chi connectivity index (χ0n) is 10.4. The summed E-state index contributed by atoms with van der Waals surface area (Å²) in [5.41, 5.74) is 6.89. The van der Waals surface area contributed by atoms with E-state index in [4.69, 9.17) is 17.3 Å². The summed E-state index contributed by atoms with van der Waals surface area (Å²) in [4.78, 5) is 19.5. The molecule has 1 heterocycles. The minimum Gasteiger partial charge on any atom is -0.322 e. The van der Waals surface area contributed by atoms with Gasteiger partial charge in [0.15, 0.2) is 0 Å². The molecule has 0 radical (unpaired) electrons. The van der Waals surface area contributed by atoms with Crippen molar-refractivity contribution in [3.63, 3.8) is 0 Å². The first-order valence-electron chi connectivity index (χ1n) is 5.75. The van der Waals surface area contributed by atoms with Crippen LogP contribution in [0.3, 0.4) is 0 Å². The number of anilines is 1. The number of benzene rings is 1. The van der Waals surface area contributed by atoms with Gasteiger partial charge in [-0.15, -0.1) is 0 Å². The Kier molecular flexibility index (Phi) is 4.66. The number of nitrogens with zero attached hydrogens (tertiary/aromatic N) is 2. The van der Waals surface area contributed by atoms with Crippen LogP contribution >= 0.6 is 11.6 Å². The van der Waals surface area contributed by atoms with E-state index in [-0.39, 0.29) is 12.5 Å². The van der Waals surface area contributed by atoms with Crippen LogP contribution in [0.5, 0.6) is 0 Å². The van der Waals surface area contributed by atoms with Crippen LogP contribution < -0.4 is 11.1 Å². The monoisotopic (exact) mass is 286 g/mol. The van der Waals surface area contributed by atoms with E-state index < -0.39 is 0 Å². The van der Waals surface area contributed by atoms with Gasteiger partial charge in [-0.1, -0.05) is 23.4 Å². The highest BCUT2D eigenvalue weighted by molar-refractivity contribution is 6.31. The van der Waals surface area contributed by atoms with Crippen LogP contribution in [0.4, 0.5) is 5.69 Å². The Morgan fingerprint density at radius 2 is 2.10 bits per heavy atom. The predicted octanol–water partition coefficient (Wildman–Crippen LogP) is 1.69. The molecule has 0 unspecified atom stereocenters. The van der Waals surface area contributed by atoms with E-state index >= 15 is 0 Å². The highest BCUT2D eigenvalue weighted by Crippen LogP contribution is 2.20. The molecular formula is C14H11ClN4O. The van der Waals surface area contributed by atoms with Crippen LogP contribution in [0, 0.1) is 11.8 Å². The number of hydrogen-bond acceptors (Lipinski definition) is 4. The van der Waals surface area contributed by atoms with Gasteiger partial charge in [-0.2, -0.15) is 0 Å². The fourth-order valence-corrected chi connectivity index (χ4v) is 1.63. The summed E-state index contributed by atoms with van der Waals surface area (Å²) < 4.78 is 0. The van der Waals surface area contributed by atoms with Gasteiger partial charge in [0.2, 0.25) is 0 Å². The van der Waals surface area contributed by atoms with E-state index in [1.807, 2.05) is 0 Å². The largest absolute Gasteiger partial charge is 0.322 e. The number of hydrogen-bond donors (Lipinski definition) is 2. The van der Waals surface area contributed by atoms with Crippen LogP contribution in [0.15, 0.2) is 36.9 Å². The van der Waals surface area contributed by atoms with Gasteiger partial charge in [0.1, 0.15) is 6.33 Å². The second-order valence-corrected chi connectivity index (χ2v) is 4.19. The van der Waals surface area contributed by atoms with Crippen molar-refractivity contribution in [3.05, 3.63) is 53.1 Å². The second kappa shape index (κ2) is 6.66. The molecule has 20 heavy (non-hydrogen) atoms. The van der Waals surface area contributed by atoms with E-state index in [1.54, 1.807) is 18.2 Å². The van der Waals surface area contributed by atoms with E-state index in [9.17, 15) is 4.79 Å². The smallest absolute Gasteiger partial charge is 0.258 e. The lowest BCUT2D eigenvalue weighted by Gasteiger charge is -2.06. The summed E-state index contributed by atoms with van der Waals surface area (Å²) in [6, 6.07) is 5.05. The third kappa shape index (κ3) is 3.54. The first kappa shape index (κ1) is 14.0. The average Bonchev–Trinajstić information content (AvgIpc) is 2.48. The molecule has 0 saturated carbocycles. The van der Waals surface area contributed by atoms with Crippen molar-refractivity contribution in [2.75, 3.05) is 11.9 Å². The third-order valence-electron chi connectivity index (χ3n) is 2.37. The molecule has 0 saturated heterocycles. The first-order chi connectivity index (χ1) is 9.70. The molecule has 2 aromatic rings. The molecule has 0 aliphatic rings. The average molecular weight is 287 g/mol. The van der Waals surface area contributed by atoms with Gasteiger partial charge in [-0.05, 0) is 18.2 Å². The standard InChI is InChI=1S/C14H11ClN4O/c15-13-4-3-12(6-10(13)2-1-5-16)19-14(20)11-7-17-9-18-8-11/h3-4,6-9H,5,16H2,(H,19,20). The van der Waals surface area contributed by atoms with Crippen molar-refractivity contribution < 1.29 is 4.79 Å². The first-order valence-corrected chi connectivity index (χ1v) is 6.13. The van der Waals surface area contributed by atoms with Crippen molar-refractivity contribution in [3.8, 4) is 11.8 Å². The number of amides is 1. The van der Waals surface area contributed by atoms with Crippen molar-refractivity contribution in [2.45, 2.75) is 0 Å². The Morgan fingerprint density at radius 1 is 1.35 bits per heavy atom. The van der Waals surface area contributed by atoms with Crippen molar-refractivity contribution in [2.24, 2.45) is 5.73 Å². The lowest BCUT2D eigenvalue weighted by atomic mass is 10.2. The van der Waals surface area contributed by atoms with Crippen molar-refractivity contribution >= 4 is 23.2 Å². The molecule has 2 rings (SSSR count). The number of rotatable bonds is 2. The minimum absolute atomic E-state index is 0.244. The number of carbonyl (C=O) groups excluding carboxylic acids is 1. The molecule has 0 aliphatic carbocycles. The number of halogens is 1. The molecule has 0 bridgehead atoms. The molecule has 1 aromatic carbocycles. The van der Waals surface area contributed by atoms with Gasteiger partial charge < -0.3 is 11.1 Å². The maximum atomic E-state index is 11.9. The molecule has 0 atom stereocenters. The van der Waals surface area contributed by atoms with Gasteiger partial charge in [0, 0.05) is 23.6 Å². The lowest BCUT2D eigenvalue weighted by Crippen LogP contribution is -2.12. The molecule has 0 spiro atoms. The van der Waals surface area contributed by atoms with Gasteiger partial charge >= 0.3 is 0 Å². The Morgan fingerprint density at radius 3 is 2.80 bits per heavy atom. The van der Waals surface area contributed by atoms with Gasteiger partial charge in [-0.3, -0.25) is 4.79 Å². The van der Waals surface area contributed by atoms with Crippen LogP contribution in [0.1, 0.15) is 15.9 Å². The topological polar surface area (TPSA) is 80.9 Å².